The molecule has 20 heavy (non-hydrogen) atoms. The fourth-order valence-electron chi connectivity index (χ4n) is 1.68. The van der Waals surface area contributed by atoms with Gasteiger partial charge in [0.1, 0.15) is 5.82 Å². The monoisotopic (exact) mass is 284 g/mol. The molecule has 0 radical (unpaired) electrons. The maximum Gasteiger partial charge on any atom is 0.272 e. The largest absolute Gasteiger partial charge is 0.379 e. The molecule has 0 saturated carbocycles. The molecule has 0 aromatic heterocycles. The van der Waals surface area contributed by atoms with E-state index in [2.05, 4.69) is 5.32 Å². The first kappa shape index (κ1) is 16.0. The van der Waals surface area contributed by atoms with Gasteiger partial charge in [-0.2, -0.15) is 0 Å². The van der Waals surface area contributed by atoms with Gasteiger partial charge in [-0.25, -0.2) is 4.39 Å². The average molecular weight is 284 g/mol. The van der Waals surface area contributed by atoms with Crippen molar-refractivity contribution in [3.8, 4) is 0 Å². The molecular weight excluding hydrogens is 267 g/mol. The number of halogens is 1. The van der Waals surface area contributed by atoms with Gasteiger partial charge in [0.15, 0.2) is 0 Å². The highest BCUT2D eigenvalue weighted by Gasteiger charge is 2.18. The minimum Gasteiger partial charge on any atom is -0.379 e. The third-order valence-electron chi connectivity index (χ3n) is 2.92. The first-order valence-electron chi connectivity index (χ1n) is 6.11. The van der Waals surface area contributed by atoms with E-state index in [9.17, 15) is 19.3 Å². The Morgan fingerprint density at radius 3 is 2.60 bits per heavy atom. The van der Waals surface area contributed by atoms with Crippen LogP contribution in [0.1, 0.15) is 24.2 Å². The summed E-state index contributed by atoms with van der Waals surface area (Å²) in [6, 6.07) is 2.92. The number of non-ortho nitro benzene ring substituents is 1. The molecule has 1 aromatic rings. The van der Waals surface area contributed by atoms with Crippen LogP contribution in [-0.2, 0) is 4.74 Å². The minimum absolute atomic E-state index is 0.181. The molecule has 0 unspecified atom stereocenters. The lowest BCUT2D eigenvalue weighted by atomic mass is 10.1. The second kappa shape index (κ2) is 6.95. The smallest absolute Gasteiger partial charge is 0.272 e. The highest BCUT2D eigenvalue weighted by Crippen LogP contribution is 2.16. The van der Waals surface area contributed by atoms with E-state index in [0.717, 1.165) is 18.2 Å². The van der Waals surface area contributed by atoms with Crippen molar-refractivity contribution in [1.29, 1.82) is 0 Å². The fraction of sp³-hybridized carbons (Fsp3) is 0.462. The summed E-state index contributed by atoms with van der Waals surface area (Å²) in [5, 5.41) is 13.0. The predicted molar refractivity (Wildman–Crippen MR) is 71.0 cm³/mol. The second-order valence-electron chi connectivity index (χ2n) is 4.65. The number of carbonyl (C=O) groups excluding carboxylic acids is 1. The molecule has 110 valence electrons. The molecule has 0 heterocycles. The number of amides is 1. The highest BCUT2D eigenvalue weighted by atomic mass is 19.1. The molecule has 0 aliphatic heterocycles. The molecular formula is C13H17FN2O4. The fourth-order valence-corrected chi connectivity index (χ4v) is 1.68. The maximum absolute atomic E-state index is 13.6. The molecule has 7 heteroatoms. The van der Waals surface area contributed by atoms with Crippen molar-refractivity contribution in [2.45, 2.75) is 20.0 Å². The molecule has 1 amide bonds. The molecule has 1 rings (SSSR count). The minimum atomic E-state index is -0.921. The number of hydrogen-bond donors (Lipinski definition) is 1. The van der Waals surface area contributed by atoms with Crippen LogP contribution in [-0.4, -0.2) is 30.6 Å². The molecule has 1 aromatic carbocycles. The van der Waals surface area contributed by atoms with Crippen LogP contribution in [0.3, 0.4) is 0 Å². The van der Waals surface area contributed by atoms with Gasteiger partial charge in [-0.1, -0.05) is 13.8 Å². The molecule has 0 spiro atoms. The normalized spacial score (nSPS) is 12.2. The lowest BCUT2D eigenvalue weighted by Gasteiger charge is -2.19. The Morgan fingerprint density at radius 2 is 2.15 bits per heavy atom. The Kier molecular flexibility index (Phi) is 5.57. The molecule has 1 atom stereocenters. The van der Waals surface area contributed by atoms with E-state index in [4.69, 9.17) is 4.74 Å². The Morgan fingerprint density at radius 1 is 1.50 bits per heavy atom. The standard InChI is InChI=1S/C13H17FN2O4/c1-8(2)12(20-3)7-15-13(17)10-5-4-9(16(18)19)6-11(10)14/h4-6,8,12H,7H2,1-3H3,(H,15,17)/t12-/m0/s1. The third kappa shape index (κ3) is 3.99. The molecule has 0 aliphatic carbocycles. The van der Waals surface area contributed by atoms with Crippen molar-refractivity contribution in [3.63, 3.8) is 0 Å². The molecule has 0 aliphatic rings. The van der Waals surface area contributed by atoms with Crippen molar-refractivity contribution < 1.29 is 18.8 Å². The van der Waals surface area contributed by atoms with Crippen molar-refractivity contribution in [1.82, 2.24) is 5.32 Å². The van der Waals surface area contributed by atoms with Crippen LogP contribution in [0, 0.1) is 21.8 Å². The van der Waals surface area contributed by atoms with Crippen LogP contribution in [0.2, 0.25) is 0 Å². The number of carbonyl (C=O) groups is 1. The molecule has 6 nitrogen and oxygen atoms in total. The van der Waals surface area contributed by atoms with Gasteiger partial charge in [0.05, 0.1) is 22.7 Å². The van der Waals surface area contributed by atoms with E-state index in [1.165, 1.54) is 7.11 Å². The van der Waals surface area contributed by atoms with Gasteiger partial charge in [0, 0.05) is 19.7 Å². The summed E-state index contributed by atoms with van der Waals surface area (Å²) >= 11 is 0. The first-order chi connectivity index (χ1) is 9.36. The summed E-state index contributed by atoms with van der Waals surface area (Å²) in [7, 11) is 1.53. The summed E-state index contributed by atoms with van der Waals surface area (Å²) < 4.78 is 18.8. The lowest BCUT2D eigenvalue weighted by Crippen LogP contribution is -2.36. The van der Waals surface area contributed by atoms with E-state index in [-0.39, 0.29) is 24.1 Å². The van der Waals surface area contributed by atoms with Crippen LogP contribution in [0.25, 0.3) is 0 Å². The lowest BCUT2D eigenvalue weighted by molar-refractivity contribution is -0.385. The summed E-state index contributed by atoms with van der Waals surface area (Å²) in [5.41, 5.74) is -0.620. The van der Waals surface area contributed by atoms with Crippen LogP contribution >= 0.6 is 0 Å². The summed E-state index contributed by atoms with van der Waals surface area (Å²) in [4.78, 5) is 21.6. The van der Waals surface area contributed by atoms with Crippen molar-refractivity contribution in [3.05, 3.63) is 39.7 Å². The summed E-state index contributed by atoms with van der Waals surface area (Å²) in [6.45, 7) is 4.11. The zero-order chi connectivity index (χ0) is 15.3. The number of ether oxygens (including phenoxy) is 1. The summed E-state index contributed by atoms with van der Waals surface area (Å²) in [6.07, 6.45) is -0.181. The highest BCUT2D eigenvalue weighted by molar-refractivity contribution is 5.94. The van der Waals surface area contributed by atoms with Gasteiger partial charge < -0.3 is 10.1 Å². The Labute approximate surface area is 116 Å². The molecule has 0 fully saturated rings. The van der Waals surface area contributed by atoms with Crippen molar-refractivity contribution in [2.24, 2.45) is 5.92 Å². The van der Waals surface area contributed by atoms with Gasteiger partial charge in [-0.05, 0) is 12.0 Å². The second-order valence-corrected chi connectivity index (χ2v) is 4.65. The third-order valence-corrected chi connectivity index (χ3v) is 2.92. The number of hydrogen-bond acceptors (Lipinski definition) is 4. The predicted octanol–water partition coefficient (Wildman–Crippen LogP) is 2.13. The number of benzene rings is 1. The van der Waals surface area contributed by atoms with E-state index in [0.29, 0.717) is 0 Å². The first-order valence-corrected chi connectivity index (χ1v) is 6.11. The van der Waals surface area contributed by atoms with Gasteiger partial charge in [0.2, 0.25) is 0 Å². The van der Waals surface area contributed by atoms with Crippen molar-refractivity contribution in [2.75, 3.05) is 13.7 Å². The summed E-state index contributed by atoms with van der Waals surface area (Å²) in [5.74, 6) is -1.35. The van der Waals surface area contributed by atoms with E-state index >= 15 is 0 Å². The van der Waals surface area contributed by atoms with Crippen LogP contribution in [0.15, 0.2) is 18.2 Å². The Balaban J connectivity index is 2.75. The Hall–Kier alpha value is -2.02. The molecule has 1 N–H and O–H groups in total. The molecule has 0 bridgehead atoms. The zero-order valence-corrected chi connectivity index (χ0v) is 11.6. The number of methoxy groups -OCH3 is 1. The van der Waals surface area contributed by atoms with Gasteiger partial charge in [0.25, 0.3) is 11.6 Å². The van der Waals surface area contributed by atoms with E-state index in [1.54, 1.807) is 0 Å². The van der Waals surface area contributed by atoms with Gasteiger partial charge >= 0.3 is 0 Å². The SMILES string of the molecule is CO[C@@H](CNC(=O)c1ccc([N+](=O)[O-])cc1F)C(C)C. The van der Waals surface area contributed by atoms with E-state index in [1.807, 2.05) is 13.8 Å². The number of nitrogens with zero attached hydrogens (tertiary/aromatic N) is 1. The van der Waals surface area contributed by atoms with Crippen LogP contribution in [0.5, 0.6) is 0 Å². The zero-order valence-electron chi connectivity index (χ0n) is 11.6. The van der Waals surface area contributed by atoms with Gasteiger partial charge in [-0.15, -0.1) is 0 Å². The number of nitro benzene ring substituents is 1. The maximum atomic E-state index is 13.6. The Bertz CT molecular complexity index is 505. The van der Waals surface area contributed by atoms with Crippen molar-refractivity contribution >= 4 is 11.6 Å². The number of rotatable bonds is 6. The van der Waals surface area contributed by atoms with E-state index < -0.39 is 22.3 Å². The van der Waals surface area contributed by atoms with Crippen LogP contribution in [0.4, 0.5) is 10.1 Å². The quantitative estimate of drug-likeness (QED) is 0.641. The number of nitrogens with one attached hydrogen (secondary N) is 1. The number of nitro groups is 1. The van der Waals surface area contributed by atoms with Gasteiger partial charge in [-0.3, -0.25) is 14.9 Å². The average Bonchev–Trinajstić information content (AvgIpc) is 2.38. The topological polar surface area (TPSA) is 81.5 Å². The molecule has 0 saturated heterocycles. The van der Waals surface area contributed by atoms with Crippen LogP contribution < -0.4 is 5.32 Å².